The monoisotopic (exact) mass is 471 g/mol. The number of nitrogens with zero attached hydrogens (tertiary/aromatic N) is 5. The van der Waals surface area contributed by atoms with Crippen molar-refractivity contribution in [3.63, 3.8) is 0 Å². The fraction of sp³-hybridized carbons (Fsp3) is 0.333. The molecule has 0 amide bonds. The number of imidazole rings is 1. The van der Waals surface area contributed by atoms with E-state index in [1.165, 1.54) is 6.39 Å². The van der Waals surface area contributed by atoms with Crippen molar-refractivity contribution in [2.45, 2.75) is 31.7 Å². The van der Waals surface area contributed by atoms with Crippen LogP contribution in [0.25, 0.3) is 22.9 Å². The second-order valence-corrected chi connectivity index (χ2v) is 9.67. The fourth-order valence-electron chi connectivity index (χ4n) is 5.93. The van der Waals surface area contributed by atoms with Gasteiger partial charge in [-0.15, -0.1) is 0 Å². The van der Waals surface area contributed by atoms with Crippen LogP contribution in [0.1, 0.15) is 30.5 Å². The van der Waals surface area contributed by atoms with Gasteiger partial charge in [-0.1, -0.05) is 0 Å². The van der Waals surface area contributed by atoms with Gasteiger partial charge in [0.1, 0.15) is 29.2 Å². The number of hydrogen-bond acceptors (Lipinski definition) is 6. The molecule has 1 aliphatic carbocycles. The molecule has 0 N–H and O–H groups in total. The van der Waals surface area contributed by atoms with Crippen molar-refractivity contribution in [1.82, 2.24) is 19.5 Å². The highest BCUT2D eigenvalue weighted by molar-refractivity contribution is 5.89. The summed E-state index contributed by atoms with van der Waals surface area (Å²) in [5.41, 5.74) is 5.21. The highest BCUT2D eigenvalue weighted by Gasteiger charge is 2.65. The summed E-state index contributed by atoms with van der Waals surface area (Å²) in [5.74, 6) is 1.31. The number of morpholine rings is 1. The molecule has 7 rings (SSSR count). The molecule has 2 saturated heterocycles. The van der Waals surface area contributed by atoms with Crippen molar-refractivity contribution in [3.05, 3.63) is 78.1 Å². The Labute approximate surface area is 202 Å². The maximum absolute atomic E-state index is 13.6. The van der Waals surface area contributed by atoms with E-state index in [-0.39, 0.29) is 11.4 Å². The molecular weight excluding hydrogens is 445 g/mol. The number of oxazole rings is 1. The lowest BCUT2D eigenvalue weighted by atomic mass is 10.0. The van der Waals surface area contributed by atoms with Gasteiger partial charge in [-0.25, -0.2) is 19.4 Å². The van der Waals surface area contributed by atoms with Gasteiger partial charge >= 0.3 is 0 Å². The van der Waals surface area contributed by atoms with E-state index < -0.39 is 0 Å². The van der Waals surface area contributed by atoms with Crippen LogP contribution in [0.15, 0.2) is 65.5 Å². The average Bonchev–Trinajstić information content (AvgIpc) is 3.15. The summed E-state index contributed by atoms with van der Waals surface area (Å²) in [4.78, 5) is 8.85. The number of rotatable bonds is 3. The Morgan fingerprint density at radius 3 is 2.83 bits per heavy atom. The van der Waals surface area contributed by atoms with Crippen LogP contribution in [0.3, 0.4) is 0 Å². The molecule has 2 aromatic carbocycles. The summed E-state index contributed by atoms with van der Waals surface area (Å²) in [6.45, 7) is 4.29. The quantitative estimate of drug-likeness (QED) is 0.414. The van der Waals surface area contributed by atoms with Crippen molar-refractivity contribution in [2.75, 3.05) is 24.7 Å². The van der Waals surface area contributed by atoms with Gasteiger partial charge in [0.05, 0.1) is 29.9 Å². The third-order valence-corrected chi connectivity index (χ3v) is 7.63. The highest BCUT2D eigenvalue weighted by atomic mass is 19.1. The van der Waals surface area contributed by atoms with Crippen molar-refractivity contribution >= 4 is 22.9 Å². The van der Waals surface area contributed by atoms with Gasteiger partial charge in [0.15, 0.2) is 12.0 Å². The van der Waals surface area contributed by atoms with E-state index in [9.17, 15) is 4.39 Å². The molecule has 3 fully saturated rings. The van der Waals surface area contributed by atoms with Crippen molar-refractivity contribution < 1.29 is 13.5 Å². The molecular formula is C27H26FN5O2. The molecule has 2 atom stereocenters. The summed E-state index contributed by atoms with van der Waals surface area (Å²) >= 11 is 0. The van der Waals surface area contributed by atoms with E-state index in [0.29, 0.717) is 12.5 Å². The highest BCUT2D eigenvalue weighted by Crippen LogP contribution is 2.60. The van der Waals surface area contributed by atoms with E-state index in [1.807, 2.05) is 29.8 Å². The van der Waals surface area contributed by atoms with Crippen LogP contribution in [0.5, 0.6) is 0 Å². The largest absolute Gasteiger partial charge is 0.494 e. The molecule has 2 aliphatic heterocycles. The molecule has 0 bridgehead atoms. The minimum absolute atomic E-state index is 0.171. The Hall–Kier alpha value is -3.65. The van der Waals surface area contributed by atoms with Crippen molar-refractivity contribution in [3.8, 4) is 5.69 Å². The molecule has 1 saturated carbocycles. The van der Waals surface area contributed by atoms with E-state index in [1.54, 1.807) is 18.5 Å². The van der Waals surface area contributed by atoms with Gasteiger partial charge in [0.25, 0.3) is 0 Å². The summed E-state index contributed by atoms with van der Waals surface area (Å²) < 4.78 is 27.8. The van der Waals surface area contributed by atoms with E-state index in [0.717, 1.165) is 71.8 Å². The first-order valence-corrected chi connectivity index (χ1v) is 12.2. The van der Waals surface area contributed by atoms with Gasteiger partial charge < -0.3 is 18.7 Å². The smallest absolute Gasteiger partial charge is 0.182 e. The Morgan fingerprint density at radius 1 is 1.11 bits per heavy atom. The van der Waals surface area contributed by atoms with Gasteiger partial charge in [0.2, 0.25) is 0 Å². The Balaban J connectivity index is 1.30. The molecule has 0 radical (unpaired) electrons. The predicted octanol–water partition coefficient (Wildman–Crippen LogP) is 5.11. The Morgan fingerprint density at radius 2 is 2.00 bits per heavy atom. The lowest BCUT2D eigenvalue weighted by Crippen LogP contribution is -2.56. The number of hydrazine groups is 1. The molecule has 178 valence electrons. The number of aryl methyl sites for hydroxylation is 1. The zero-order chi connectivity index (χ0) is 23.6. The number of aromatic nitrogens is 3. The van der Waals surface area contributed by atoms with Crippen LogP contribution in [0, 0.1) is 18.7 Å². The fourth-order valence-corrected chi connectivity index (χ4v) is 5.93. The van der Waals surface area contributed by atoms with E-state index in [2.05, 4.69) is 38.2 Å². The normalized spacial score (nSPS) is 25.3. The summed E-state index contributed by atoms with van der Waals surface area (Å²) in [5, 5.41) is 4.80. The van der Waals surface area contributed by atoms with E-state index in [4.69, 9.17) is 9.15 Å². The molecule has 2 unspecified atom stereocenters. The van der Waals surface area contributed by atoms with Crippen LogP contribution in [-0.4, -0.2) is 44.8 Å². The second kappa shape index (κ2) is 7.68. The molecule has 7 nitrogen and oxygen atoms in total. The summed E-state index contributed by atoms with van der Waals surface area (Å²) in [7, 11) is 0. The van der Waals surface area contributed by atoms with Crippen LogP contribution >= 0.6 is 0 Å². The lowest BCUT2D eigenvalue weighted by molar-refractivity contribution is 0.0270. The average molecular weight is 472 g/mol. The predicted molar refractivity (Wildman–Crippen MR) is 130 cm³/mol. The van der Waals surface area contributed by atoms with Gasteiger partial charge in [0, 0.05) is 18.3 Å². The van der Waals surface area contributed by atoms with Crippen molar-refractivity contribution in [1.29, 1.82) is 0 Å². The molecule has 4 heterocycles. The number of fused-ring (bicyclic) bond motifs is 1. The molecule has 4 aromatic rings. The van der Waals surface area contributed by atoms with Crippen molar-refractivity contribution in [2.24, 2.45) is 5.92 Å². The lowest BCUT2D eigenvalue weighted by Gasteiger charge is -2.45. The third-order valence-electron chi connectivity index (χ3n) is 7.63. The van der Waals surface area contributed by atoms with Crippen LogP contribution in [-0.2, 0) is 4.74 Å². The van der Waals surface area contributed by atoms with E-state index >= 15 is 0 Å². The first-order chi connectivity index (χ1) is 17.1. The zero-order valence-corrected chi connectivity index (χ0v) is 19.5. The Kier molecular flexibility index (Phi) is 4.54. The Bertz CT molecular complexity index is 1440. The summed E-state index contributed by atoms with van der Waals surface area (Å²) in [6.07, 6.45) is 10.7. The topological polar surface area (TPSA) is 59.6 Å². The SMILES string of the molecule is Cc1cn(-c2ccc(/C=C3\OCCN4N(c5ccc(F)cc5)CCCC5CC354)c3ocnc23)cn1. The van der Waals surface area contributed by atoms with Gasteiger partial charge in [-0.2, -0.15) is 0 Å². The number of hydrogen-bond donors (Lipinski definition) is 0. The van der Waals surface area contributed by atoms with Crippen LogP contribution in [0.2, 0.25) is 0 Å². The summed E-state index contributed by atoms with van der Waals surface area (Å²) in [6, 6.07) is 10.9. The first-order valence-electron chi connectivity index (χ1n) is 12.2. The number of anilines is 1. The van der Waals surface area contributed by atoms with Gasteiger partial charge in [-0.3, -0.25) is 0 Å². The zero-order valence-electron chi connectivity index (χ0n) is 19.5. The maximum Gasteiger partial charge on any atom is 0.182 e. The van der Waals surface area contributed by atoms with Crippen LogP contribution < -0.4 is 5.01 Å². The number of halogens is 1. The van der Waals surface area contributed by atoms with Crippen LogP contribution in [0.4, 0.5) is 10.1 Å². The minimum atomic E-state index is -0.212. The van der Waals surface area contributed by atoms with Gasteiger partial charge in [-0.05, 0) is 74.6 Å². The standard InChI is InChI=1S/C27H26FN5O2/c1-18-15-31(16-29-18)23-9-4-19(26-25(23)30-17-35-26)13-24-27-14-20(27)3-2-10-32(33(27)11-12-34-24)22-7-5-21(28)6-8-22/h4-9,13,15-17,20H,2-3,10-12,14H2,1H3/b24-13-. The molecule has 3 aliphatic rings. The second-order valence-electron chi connectivity index (χ2n) is 9.67. The molecule has 35 heavy (non-hydrogen) atoms. The third kappa shape index (κ3) is 3.20. The molecule has 1 spiro atoms. The molecule has 2 aromatic heterocycles. The first kappa shape index (κ1) is 20.7. The number of benzene rings is 2. The number of ether oxygens (including phenoxy) is 1. The molecule has 8 heteroatoms. The maximum atomic E-state index is 13.6. The minimum Gasteiger partial charge on any atom is -0.494 e.